The summed E-state index contributed by atoms with van der Waals surface area (Å²) in [6.07, 6.45) is 6.82. The maximum absolute atomic E-state index is 12.3. The van der Waals surface area contributed by atoms with Gasteiger partial charge in [0, 0.05) is 24.9 Å². The van der Waals surface area contributed by atoms with Crippen molar-refractivity contribution < 1.29 is 4.79 Å². The zero-order valence-corrected chi connectivity index (χ0v) is 15.9. The van der Waals surface area contributed by atoms with Crippen molar-refractivity contribution in [2.45, 2.75) is 72.3 Å². The summed E-state index contributed by atoms with van der Waals surface area (Å²) >= 11 is 0. The van der Waals surface area contributed by atoms with Crippen LogP contribution in [0.2, 0.25) is 0 Å². The molecule has 2 fully saturated rings. The molecule has 0 radical (unpaired) electrons. The summed E-state index contributed by atoms with van der Waals surface area (Å²) in [6, 6.07) is 0.697. The van der Waals surface area contributed by atoms with Gasteiger partial charge in [-0.15, -0.1) is 0 Å². The van der Waals surface area contributed by atoms with Gasteiger partial charge in [-0.3, -0.25) is 4.79 Å². The first-order chi connectivity index (χ1) is 11.0. The summed E-state index contributed by atoms with van der Waals surface area (Å²) < 4.78 is 0. The summed E-state index contributed by atoms with van der Waals surface area (Å²) in [5.74, 6) is 2.32. The first kappa shape index (κ1) is 18.9. The van der Waals surface area contributed by atoms with Gasteiger partial charge in [-0.1, -0.05) is 20.3 Å². The Balaban J connectivity index is 1.66. The van der Waals surface area contributed by atoms with E-state index in [2.05, 4.69) is 37.5 Å². The SMILES string of the molecule is CCC(C)CC(=O)C1CCN(CC2CCN(C(C)C)CC2)CC1. The molecule has 2 saturated heterocycles. The molecular formula is C20H38N2O. The third-order valence-electron chi connectivity index (χ3n) is 6.19. The first-order valence-corrected chi connectivity index (χ1v) is 9.98. The number of carbonyl (C=O) groups excluding carboxylic acids is 1. The third kappa shape index (κ3) is 5.86. The van der Waals surface area contributed by atoms with E-state index in [-0.39, 0.29) is 0 Å². The van der Waals surface area contributed by atoms with Crippen LogP contribution in [-0.4, -0.2) is 54.3 Å². The highest BCUT2D eigenvalue weighted by atomic mass is 16.1. The molecule has 1 atom stereocenters. The standard InChI is InChI=1S/C20H38N2O/c1-5-17(4)14-20(23)19-8-10-21(11-9-19)15-18-6-12-22(13-7-18)16(2)3/h16-19H,5-15H2,1-4H3. The molecule has 0 amide bonds. The minimum atomic E-state index is 0.350. The number of ketones is 1. The molecule has 0 aromatic carbocycles. The molecule has 2 aliphatic rings. The molecule has 0 aliphatic carbocycles. The number of Topliss-reactive ketones (excluding diaryl/α,β-unsaturated/α-hetero) is 1. The van der Waals surface area contributed by atoms with Gasteiger partial charge in [0.1, 0.15) is 5.78 Å². The fourth-order valence-corrected chi connectivity index (χ4v) is 4.11. The molecule has 2 aliphatic heterocycles. The summed E-state index contributed by atoms with van der Waals surface area (Å²) in [4.78, 5) is 17.6. The number of piperidine rings is 2. The van der Waals surface area contributed by atoms with Crippen molar-refractivity contribution in [1.29, 1.82) is 0 Å². The summed E-state index contributed by atoms with van der Waals surface area (Å²) in [7, 11) is 0. The second-order valence-electron chi connectivity index (χ2n) is 8.33. The van der Waals surface area contributed by atoms with E-state index in [0.29, 0.717) is 23.7 Å². The molecule has 2 rings (SSSR count). The van der Waals surface area contributed by atoms with Crippen LogP contribution in [0, 0.1) is 17.8 Å². The van der Waals surface area contributed by atoms with E-state index >= 15 is 0 Å². The predicted octanol–water partition coefficient (Wildman–Crippen LogP) is 3.82. The van der Waals surface area contributed by atoms with Crippen molar-refractivity contribution in [2.75, 3.05) is 32.7 Å². The van der Waals surface area contributed by atoms with Gasteiger partial charge in [0.15, 0.2) is 0 Å². The molecule has 0 aromatic heterocycles. The van der Waals surface area contributed by atoms with E-state index in [0.717, 1.165) is 44.7 Å². The molecule has 3 heteroatoms. The van der Waals surface area contributed by atoms with Crippen LogP contribution in [0.15, 0.2) is 0 Å². The first-order valence-electron chi connectivity index (χ1n) is 9.98. The molecule has 0 saturated carbocycles. The number of likely N-dealkylation sites (tertiary alicyclic amines) is 2. The van der Waals surface area contributed by atoms with Crippen LogP contribution in [0.5, 0.6) is 0 Å². The average molecular weight is 323 g/mol. The lowest BCUT2D eigenvalue weighted by Gasteiger charge is -2.38. The monoisotopic (exact) mass is 322 g/mol. The van der Waals surface area contributed by atoms with Crippen molar-refractivity contribution >= 4 is 5.78 Å². The Morgan fingerprint density at radius 1 is 1.00 bits per heavy atom. The van der Waals surface area contributed by atoms with E-state index in [1.807, 2.05) is 0 Å². The molecule has 0 N–H and O–H groups in total. The number of hydrogen-bond donors (Lipinski definition) is 0. The average Bonchev–Trinajstić information content (AvgIpc) is 2.55. The van der Waals surface area contributed by atoms with E-state index in [9.17, 15) is 4.79 Å². The molecule has 2 heterocycles. The van der Waals surface area contributed by atoms with Crippen LogP contribution in [0.3, 0.4) is 0 Å². The van der Waals surface area contributed by atoms with E-state index in [1.54, 1.807) is 0 Å². The highest BCUT2D eigenvalue weighted by Crippen LogP contribution is 2.25. The highest BCUT2D eigenvalue weighted by molar-refractivity contribution is 5.81. The zero-order valence-electron chi connectivity index (χ0n) is 15.9. The van der Waals surface area contributed by atoms with E-state index < -0.39 is 0 Å². The maximum Gasteiger partial charge on any atom is 0.136 e. The normalized spacial score (nSPS) is 24.2. The smallest absolute Gasteiger partial charge is 0.136 e. The van der Waals surface area contributed by atoms with Gasteiger partial charge in [-0.25, -0.2) is 0 Å². The Morgan fingerprint density at radius 2 is 1.61 bits per heavy atom. The fourth-order valence-electron chi connectivity index (χ4n) is 4.11. The van der Waals surface area contributed by atoms with Crippen LogP contribution in [0.25, 0.3) is 0 Å². The number of hydrogen-bond acceptors (Lipinski definition) is 3. The van der Waals surface area contributed by atoms with Crippen LogP contribution in [0.1, 0.15) is 66.2 Å². The van der Waals surface area contributed by atoms with Gasteiger partial charge in [0.05, 0.1) is 0 Å². The molecular weight excluding hydrogens is 284 g/mol. The topological polar surface area (TPSA) is 23.6 Å². The molecule has 0 spiro atoms. The largest absolute Gasteiger partial charge is 0.303 e. The van der Waals surface area contributed by atoms with E-state index in [1.165, 1.54) is 32.5 Å². The van der Waals surface area contributed by atoms with Crippen LogP contribution in [-0.2, 0) is 4.79 Å². The Hall–Kier alpha value is -0.410. The Kier molecular flexibility index (Phi) is 7.55. The number of carbonyl (C=O) groups is 1. The highest BCUT2D eigenvalue weighted by Gasteiger charge is 2.28. The van der Waals surface area contributed by atoms with Gasteiger partial charge < -0.3 is 9.80 Å². The van der Waals surface area contributed by atoms with Gasteiger partial charge >= 0.3 is 0 Å². The number of rotatable bonds is 7. The summed E-state index contributed by atoms with van der Waals surface area (Å²) in [5, 5.41) is 0. The van der Waals surface area contributed by atoms with Gasteiger partial charge in [-0.2, -0.15) is 0 Å². The van der Waals surface area contributed by atoms with Crippen molar-refractivity contribution in [1.82, 2.24) is 9.80 Å². The lowest BCUT2D eigenvalue weighted by Crippen LogP contribution is -2.44. The minimum Gasteiger partial charge on any atom is -0.303 e. The van der Waals surface area contributed by atoms with Crippen molar-refractivity contribution in [3.63, 3.8) is 0 Å². The van der Waals surface area contributed by atoms with Crippen LogP contribution in [0.4, 0.5) is 0 Å². The third-order valence-corrected chi connectivity index (χ3v) is 6.19. The van der Waals surface area contributed by atoms with Crippen LogP contribution >= 0.6 is 0 Å². The second-order valence-corrected chi connectivity index (χ2v) is 8.33. The molecule has 3 nitrogen and oxygen atoms in total. The summed E-state index contributed by atoms with van der Waals surface area (Å²) in [6.45, 7) is 15.1. The van der Waals surface area contributed by atoms with Crippen molar-refractivity contribution in [2.24, 2.45) is 17.8 Å². The lowest BCUT2D eigenvalue weighted by molar-refractivity contribution is -0.125. The molecule has 23 heavy (non-hydrogen) atoms. The predicted molar refractivity (Wildman–Crippen MR) is 97.7 cm³/mol. The molecule has 1 unspecified atom stereocenters. The van der Waals surface area contributed by atoms with Gasteiger partial charge in [0.2, 0.25) is 0 Å². The Labute approximate surface area is 143 Å². The van der Waals surface area contributed by atoms with E-state index in [4.69, 9.17) is 0 Å². The van der Waals surface area contributed by atoms with Gasteiger partial charge in [-0.05, 0) is 77.5 Å². The quantitative estimate of drug-likeness (QED) is 0.712. The zero-order chi connectivity index (χ0) is 16.8. The Morgan fingerprint density at radius 3 is 2.13 bits per heavy atom. The minimum absolute atomic E-state index is 0.350. The Bertz CT molecular complexity index is 353. The summed E-state index contributed by atoms with van der Waals surface area (Å²) in [5.41, 5.74) is 0. The maximum atomic E-state index is 12.3. The van der Waals surface area contributed by atoms with Crippen molar-refractivity contribution in [3.8, 4) is 0 Å². The van der Waals surface area contributed by atoms with Gasteiger partial charge in [0.25, 0.3) is 0 Å². The molecule has 0 bridgehead atoms. The molecule has 0 aromatic rings. The second kappa shape index (κ2) is 9.17. The fraction of sp³-hybridized carbons (Fsp3) is 0.950. The lowest BCUT2D eigenvalue weighted by atomic mass is 9.86. The van der Waals surface area contributed by atoms with Crippen molar-refractivity contribution in [3.05, 3.63) is 0 Å². The number of nitrogens with zero attached hydrogens (tertiary/aromatic N) is 2. The molecule has 134 valence electrons. The van der Waals surface area contributed by atoms with Crippen LogP contribution < -0.4 is 0 Å².